The van der Waals surface area contributed by atoms with Gasteiger partial charge in [0.15, 0.2) is 0 Å². The van der Waals surface area contributed by atoms with Gasteiger partial charge < -0.3 is 19.4 Å². The Morgan fingerprint density at radius 2 is 1.37 bits per heavy atom. The van der Waals surface area contributed by atoms with E-state index in [9.17, 15) is 5.11 Å². The van der Waals surface area contributed by atoms with Gasteiger partial charge in [0.1, 0.15) is 0 Å². The molecular weight excluding hydrogens is 356 g/mol. The lowest BCUT2D eigenvalue weighted by atomic mass is 10.2. The van der Waals surface area contributed by atoms with Crippen LogP contribution in [0.3, 0.4) is 0 Å². The molecule has 0 radical (unpaired) electrons. The molecule has 2 N–H and O–H groups in total. The van der Waals surface area contributed by atoms with E-state index < -0.39 is 8.32 Å². The van der Waals surface area contributed by atoms with Crippen molar-refractivity contribution < 1.29 is 19.4 Å². The minimum Gasteiger partial charge on any atom is -0.405 e. The average Bonchev–Trinajstić information content (AvgIpc) is 2.67. The number of ether oxygens (including phenoxy) is 1. The van der Waals surface area contributed by atoms with E-state index in [4.69, 9.17) is 14.3 Å². The third kappa shape index (κ3) is 5.27. The highest BCUT2D eigenvalue weighted by Gasteiger charge is 2.50. The van der Waals surface area contributed by atoms with Crippen molar-refractivity contribution in [3.63, 3.8) is 0 Å². The third-order valence-electron chi connectivity index (χ3n) is 4.80. The van der Waals surface area contributed by atoms with Gasteiger partial charge in [-0.2, -0.15) is 0 Å². The second-order valence-corrected chi connectivity index (χ2v) is 12.0. The first-order valence-electron chi connectivity index (χ1n) is 9.54. The Morgan fingerprint density at radius 3 is 1.78 bits per heavy atom. The van der Waals surface area contributed by atoms with E-state index >= 15 is 0 Å². The summed E-state index contributed by atoms with van der Waals surface area (Å²) in [5.41, 5.74) is 0. The van der Waals surface area contributed by atoms with E-state index in [-0.39, 0.29) is 31.0 Å². The molecule has 1 atom stereocenters. The van der Waals surface area contributed by atoms with Crippen LogP contribution in [-0.2, 0) is 9.16 Å². The molecule has 5 heteroatoms. The zero-order chi connectivity index (χ0) is 19.8. The van der Waals surface area contributed by atoms with Crippen LogP contribution >= 0.6 is 0 Å². The maximum atomic E-state index is 9.37. The summed E-state index contributed by atoms with van der Waals surface area (Å²) < 4.78 is 12.5. The van der Waals surface area contributed by atoms with Crippen LogP contribution in [0.15, 0.2) is 60.7 Å². The van der Waals surface area contributed by atoms with E-state index in [1.807, 2.05) is 12.1 Å². The van der Waals surface area contributed by atoms with Crippen molar-refractivity contribution in [1.82, 2.24) is 0 Å². The number of benzene rings is 2. The second-order valence-electron chi connectivity index (χ2n) is 7.70. The van der Waals surface area contributed by atoms with Crippen molar-refractivity contribution in [1.29, 1.82) is 0 Å². The molecule has 0 unspecified atom stereocenters. The Morgan fingerprint density at radius 1 is 0.852 bits per heavy atom. The van der Waals surface area contributed by atoms with Crippen LogP contribution < -0.4 is 10.4 Å². The van der Waals surface area contributed by atoms with Crippen LogP contribution in [0.4, 0.5) is 0 Å². The fourth-order valence-electron chi connectivity index (χ4n) is 3.56. The first-order chi connectivity index (χ1) is 13.0. The number of aliphatic hydroxyl groups excluding tert-OH is 2. The zero-order valence-corrected chi connectivity index (χ0v) is 17.6. The molecule has 2 aromatic carbocycles. The van der Waals surface area contributed by atoms with Gasteiger partial charge >= 0.3 is 0 Å². The predicted molar refractivity (Wildman–Crippen MR) is 112 cm³/mol. The number of rotatable bonds is 10. The number of aliphatic hydroxyl groups is 2. The summed E-state index contributed by atoms with van der Waals surface area (Å²) in [6.45, 7) is 7.31. The lowest BCUT2D eigenvalue weighted by Crippen LogP contribution is -2.67. The molecule has 0 spiro atoms. The maximum absolute atomic E-state index is 9.37. The molecule has 0 heterocycles. The number of hydrogen-bond donors (Lipinski definition) is 2. The van der Waals surface area contributed by atoms with Crippen LogP contribution in [0, 0.1) is 0 Å². The molecule has 0 saturated carbocycles. The van der Waals surface area contributed by atoms with E-state index in [1.165, 1.54) is 10.4 Å². The van der Waals surface area contributed by atoms with Crippen molar-refractivity contribution in [2.24, 2.45) is 0 Å². The van der Waals surface area contributed by atoms with Crippen molar-refractivity contribution in [2.75, 3.05) is 26.4 Å². The minimum atomic E-state index is -2.60. The van der Waals surface area contributed by atoms with Gasteiger partial charge in [0.05, 0.1) is 25.9 Å². The Kier molecular flexibility index (Phi) is 8.20. The number of hydrogen-bond acceptors (Lipinski definition) is 4. The van der Waals surface area contributed by atoms with Gasteiger partial charge in [0.2, 0.25) is 0 Å². The van der Waals surface area contributed by atoms with Gasteiger partial charge in [0.25, 0.3) is 8.32 Å². The van der Waals surface area contributed by atoms with Gasteiger partial charge in [-0.05, 0) is 21.8 Å². The van der Waals surface area contributed by atoms with Crippen molar-refractivity contribution in [2.45, 2.75) is 38.3 Å². The molecule has 0 fully saturated rings. The summed E-state index contributed by atoms with van der Waals surface area (Å²) in [5, 5.41) is 20.8. The molecule has 0 saturated heterocycles. The quantitative estimate of drug-likeness (QED) is 0.614. The molecule has 0 aliphatic heterocycles. The highest BCUT2D eigenvalue weighted by atomic mass is 28.4. The van der Waals surface area contributed by atoms with Gasteiger partial charge in [-0.15, -0.1) is 0 Å². The Labute approximate surface area is 163 Å². The molecule has 4 nitrogen and oxygen atoms in total. The largest absolute Gasteiger partial charge is 0.405 e. The summed E-state index contributed by atoms with van der Waals surface area (Å²) in [6.07, 6.45) is 0.238. The standard InChI is InChI=1S/C22H32O4Si/c1-22(2,3)27(20-10-6-4-7-11-20,21-12-8-5-9-13-21)26-18-19(14-15-23)25-17-16-24/h4-13,19,23-24H,14-18H2,1-3H3/t19-/m0/s1. The Bertz CT molecular complexity index is 616. The first kappa shape index (κ1) is 21.8. The highest BCUT2D eigenvalue weighted by Crippen LogP contribution is 2.36. The van der Waals surface area contributed by atoms with Crippen molar-refractivity contribution >= 4 is 18.7 Å². The molecule has 0 aliphatic carbocycles. The summed E-state index contributed by atoms with van der Waals surface area (Å²) in [4.78, 5) is 0. The smallest absolute Gasteiger partial charge is 0.261 e. The second kappa shape index (κ2) is 10.2. The van der Waals surface area contributed by atoms with Gasteiger partial charge in [0, 0.05) is 6.61 Å². The van der Waals surface area contributed by atoms with Crippen molar-refractivity contribution in [3.05, 3.63) is 60.7 Å². The molecule has 2 aromatic rings. The maximum Gasteiger partial charge on any atom is 0.261 e. The van der Waals surface area contributed by atoms with Gasteiger partial charge in [-0.1, -0.05) is 81.4 Å². The molecule has 0 bridgehead atoms. The molecule has 2 rings (SSSR count). The minimum absolute atomic E-state index is 0.0280. The summed E-state index contributed by atoms with van der Waals surface area (Å²) in [6, 6.07) is 20.9. The molecule has 27 heavy (non-hydrogen) atoms. The summed E-state index contributed by atoms with van der Waals surface area (Å²) in [7, 11) is -2.60. The lowest BCUT2D eigenvalue weighted by molar-refractivity contribution is -0.0112. The Balaban J connectivity index is 2.45. The fraction of sp³-hybridized carbons (Fsp3) is 0.455. The van der Waals surface area contributed by atoms with E-state index in [2.05, 4.69) is 69.3 Å². The zero-order valence-electron chi connectivity index (χ0n) is 16.6. The van der Waals surface area contributed by atoms with Gasteiger partial charge in [-0.25, -0.2) is 0 Å². The van der Waals surface area contributed by atoms with E-state index in [0.29, 0.717) is 13.0 Å². The molecule has 148 valence electrons. The average molecular weight is 389 g/mol. The van der Waals surface area contributed by atoms with Crippen LogP contribution in [0.5, 0.6) is 0 Å². The van der Waals surface area contributed by atoms with Crippen LogP contribution in [-0.4, -0.2) is 51.1 Å². The molecular formula is C22H32O4Si. The molecule has 0 amide bonds. The highest BCUT2D eigenvalue weighted by molar-refractivity contribution is 6.99. The van der Waals surface area contributed by atoms with Crippen molar-refractivity contribution in [3.8, 4) is 0 Å². The SMILES string of the molecule is CC(C)(C)[Si](OC[C@H](CCO)OCCO)(c1ccccc1)c1ccccc1. The predicted octanol–water partition coefficient (Wildman–Crippen LogP) is 2.32. The van der Waals surface area contributed by atoms with E-state index in [0.717, 1.165) is 0 Å². The van der Waals surface area contributed by atoms with Crippen LogP contribution in [0.25, 0.3) is 0 Å². The lowest BCUT2D eigenvalue weighted by Gasteiger charge is -2.43. The molecule has 0 aliphatic rings. The third-order valence-corrected chi connectivity index (χ3v) is 9.80. The molecule has 0 aromatic heterocycles. The Hall–Kier alpha value is -1.50. The fourth-order valence-corrected chi connectivity index (χ4v) is 8.15. The monoisotopic (exact) mass is 388 g/mol. The van der Waals surface area contributed by atoms with Crippen LogP contribution in [0.2, 0.25) is 5.04 Å². The van der Waals surface area contributed by atoms with Gasteiger partial charge in [-0.3, -0.25) is 0 Å². The van der Waals surface area contributed by atoms with E-state index in [1.54, 1.807) is 0 Å². The first-order valence-corrected chi connectivity index (χ1v) is 11.4. The van der Waals surface area contributed by atoms with Crippen LogP contribution in [0.1, 0.15) is 27.2 Å². The topological polar surface area (TPSA) is 58.9 Å². The summed E-state index contributed by atoms with van der Waals surface area (Å²) >= 11 is 0. The normalized spacial score (nSPS) is 13.5. The summed E-state index contributed by atoms with van der Waals surface area (Å²) in [5.74, 6) is 0.